The van der Waals surface area contributed by atoms with Crippen molar-refractivity contribution in [3.05, 3.63) is 35.9 Å². The van der Waals surface area contributed by atoms with E-state index in [-0.39, 0.29) is 37.5 Å². The zero-order valence-electron chi connectivity index (χ0n) is 21.9. The van der Waals surface area contributed by atoms with Crippen LogP contribution in [0.1, 0.15) is 72.3 Å². The molecule has 1 aliphatic rings. The van der Waals surface area contributed by atoms with E-state index in [0.29, 0.717) is 12.0 Å². The van der Waals surface area contributed by atoms with Crippen molar-refractivity contribution in [2.24, 2.45) is 17.8 Å². The number of hydrogen-bond donors (Lipinski definition) is 3. The molecular formula is C27H42N2O6. The standard InChI is InChI=1S/C27H42N2O6/c1-18(2)22-13-12-19(3)16-27(22,33)24(31)29-17-21(20-10-8-7-9-11-20)23(30)34-15-14-28-25(32)35-26(4,5)6/h7-11,18-19,21-22,33H,12-17H2,1-6H3,(H,28,32)(H,29,31)/t19-,21?,22+,27+/m1/s1. The van der Waals surface area contributed by atoms with Crippen molar-refractivity contribution in [3.63, 3.8) is 0 Å². The van der Waals surface area contributed by atoms with Crippen LogP contribution in [-0.4, -0.2) is 54.0 Å². The van der Waals surface area contributed by atoms with Crippen molar-refractivity contribution in [3.8, 4) is 0 Å². The molecule has 1 aromatic rings. The molecule has 196 valence electrons. The van der Waals surface area contributed by atoms with Crippen LogP contribution in [0, 0.1) is 17.8 Å². The lowest BCUT2D eigenvalue weighted by molar-refractivity contribution is -0.156. The number of amides is 2. The molecule has 0 aliphatic heterocycles. The normalized spacial score (nSPS) is 23.3. The van der Waals surface area contributed by atoms with Crippen molar-refractivity contribution < 1.29 is 29.0 Å². The van der Waals surface area contributed by atoms with E-state index in [4.69, 9.17) is 9.47 Å². The predicted octanol–water partition coefficient (Wildman–Crippen LogP) is 3.78. The summed E-state index contributed by atoms with van der Waals surface area (Å²) in [6.07, 6.45) is 1.58. The Kier molecular flexibility index (Phi) is 10.1. The number of nitrogens with one attached hydrogen (secondary N) is 2. The molecule has 1 saturated carbocycles. The molecule has 2 amide bonds. The van der Waals surface area contributed by atoms with Gasteiger partial charge in [0.2, 0.25) is 0 Å². The smallest absolute Gasteiger partial charge is 0.407 e. The Morgan fingerprint density at radius 1 is 1.11 bits per heavy atom. The summed E-state index contributed by atoms with van der Waals surface area (Å²) in [7, 11) is 0. The first-order chi connectivity index (χ1) is 16.3. The molecule has 1 fully saturated rings. The molecule has 8 heteroatoms. The van der Waals surface area contributed by atoms with Crippen LogP contribution in [0.25, 0.3) is 0 Å². The van der Waals surface area contributed by atoms with Crippen LogP contribution in [-0.2, 0) is 19.1 Å². The summed E-state index contributed by atoms with van der Waals surface area (Å²) < 4.78 is 10.6. The maximum Gasteiger partial charge on any atom is 0.407 e. The molecule has 3 N–H and O–H groups in total. The van der Waals surface area contributed by atoms with Crippen molar-refractivity contribution in [1.82, 2.24) is 10.6 Å². The van der Waals surface area contributed by atoms with Crippen LogP contribution < -0.4 is 10.6 Å². The Morgan fingerprint density at radius 2 is 1.77 bits per heavy atom. The number of hydrogen-bond acceptors (Lipinski definition) is 6. The van der Waals surface area contributed by atoms with Crippen LogP contribution in [0.4, 0.5) is 4.79 Å². The van der Waals surface area contributed by atoms with Gasteiger partial charge in [-0.1, -0.05) is 57.5 Å². The number of carbonyl (C=O) groups is 3. The Hall–Kier alpha value is -2.61. The minimum atomic E-state index is -1.46. The van der Waals surface area contributed by atoms with E-state index in [1.165, 1.54) is 0 Å². The number of esters is 1. The zero-order valence-corrected chi connectivity index (χ0v) is 21.9. The highest BCUT2D eigenvalue weighted by Gasteiger charge is 2.48. The maximum atomic E-state index is 13.2. The molecule has 1 unspecified atom stereocenters. The second kappa shape index (κ2) is 12.4. The average Bonchev–Trinajstić information content (AvgIpc) is 2.76. The summed E-state index contributed by atoms with van der Waals surface area (Å²) in [6, 6.07) is 9.06. The first-order valence-electron chi connectivity index (χ1n) is 12.5. The van der Waals surface area contributed by atoms with Crippen LogP contribution in [0.2, 0.25) is 0 Å². The second-order valence-electron chi connectivity index (χ2n) is 10.9. The maximum absolute atomic E-state index is 13.2. The molecule has 0 aromatic heterocycles. The summed E-state index contributed by atoms with van der Waals surface area (Å²) >= 11 is 0. The van der Waals surface area contributed by atoms with Gasteiger partial charge in [-0.05, 0) is 56.9 Å². The summed E-state index contributed by atoms with van der Waals surface area (Å²) in [4.78, 5) is 37.9. The average molecular weight is 491 g/mol. The third-order valence-electron chi connectivity index (χ3n) is 6.41. The van der Waals surface area contributed by atoms with Crippen LogP contribution >= 0.6 is 0 Å². The lowest BCUT2D eigenvalue weighted by Gasteiger charge is -2.43. The van der Waals surface area contributed by atoms with Gasteiger partial charge in [0.1, 0.15) is 17.8 Å². The monoisotopic (exact) mass is 490 g/mol. The van der Waals surface area contributed by atoms with Crippen LogP contribution in [0.15, 0.2) is 30.3 Å². The van der Waals surface area contributed by atoms with Gasteiger partial charge in [0.25, 0.3) is 5.91 Å². The van der Waals surface area contributed by atoms with Gasteiger partial charge in [0.05, 0.1) is 12.5 Å². The van der Waals surface area contributed by atoms with E-state index >= 15 is 0 Å². The molecule has 0 radical (unpaired) electrons. The van der Waals surface area contributed by atoms with Crippen molar-refractivity contribution >= 4 is 18.0 Å². The topological polar surface area (TPSA) is 114 Å². The molecule has 4 atom stereocenters. The summed E-state index contributed by atoms with van der Waals surface area (Å²) in [6.45, 7) is 11.4. The summed E-state index contributed by atoms with van der Waals surface area (Å²) in [5.41, 5.74) is -1.39. The summed E-state index contributed by atoms with van der Waals surface area (Å²) in [5, 5.41) is 16.8. The highest BCUT2D eigenvalue weighted by molar-refractivity contribution is 5.86. The number of carbonyl (C=O) groups excluding carboxylic acids is 3. The third-order valence-corrected chi connectivity index (χ3v) is 6.41. The molecule has 2 rings (SSSR count). The fourth-order valence-electron chi connectivity index (χ4n) is 4.72. The lowest BCUT2D eigenvalue weighted by atomic mass is 9.66. The fraction of sp³-hybridized carbons (Fsp3) is 0.667. The predicted molar refractivity (Wildman–Crippen MR) is 134 cm³/mol. The zero-order chi connectivity index (χ0) is 26.2. The van der Waals surface area contributed by atoms with E-state index in [1.807, 2.05) is 39.0 Å². The number of benzene rings is 1. The van der Waals surface area contributed by atoms with Crippen molar-refractivity contribution in [2.75, 3.05) is 19.7 Å². The van der Waals surface area contributed by atoms with Gasteiger partial charge in [-0.25, -0.2) is 4.79 Å². The number of alkyl carbamates (subject to hydrolysis) is 1. The highest BCUT2D eigenvalue weighted by Crippen LogP contribution is 2.41. The second-order valence-corrected chi connectivity index (χ2v) is 10.9. The first-order valence-corrected chi connectivity index (χ1v) is 12.5. The molecule has 0 heterocycles. The van der Waals surface area contributed by atoms with Gasteiger partial charge in [-0.15, -0.1) is 0 Å². The van der Waals surface area contributed by atoms with Gasteiger partial charge >= 0.3 is 12.1 Å². The first kappa shape index (κ1) is 28.6. The Morgan fingerprint density at radius 3 is 2.37 bits per heavy atom. The minimum Gasteiger partial charge on any atom is -0.463 e. The summed E-state index contributed by atoms with van der Waals surface area (Å²) in [5.74, 6) is -1.45. The van der Waals surface area contributed by atoms with Gasteiger partial charge in [-0.3, -0.25) is 9.59 Å². The minimum absolute atomic E-state index is 0.00266. The van der Waals surface area contributed by atoms with Crippen molar-refractivity contribution in [1.29, 1.82) is 0 Å². The molecule has 1 aliphatic carbocycles. The van der Waals surface area contributed by atoms with E-state index < -0.39 is 35.1 Å². The Balaban J connectivity index is 2.01. The molecular weight excluding hydrogens is 448 g/mol. The Bertz CT molecular complexity index is 851. The van der Waals surface area contributed by atoms with Gasteiger partial charge in [-0.2, -0.15) is 0 Å². The van der Waals surface area contributed by atoms with Crippen molar-refractivity contribution in [2.45, 2.75) is 77.9 Å². The van der Waals surface area contributed by atoms with Gasteiger partial charge < -0.3 is 25.2 Å². The fourth-order valence-corrected chi connectivity index (χ4v) is 4.72. The molecule has 35 heavy (non-hydrogen) atoms. The van der Waals surface area contributed by atoms with Crippen LogP contribution in [0.5, 0.6) is 0 Å². The highest BCUT2D eigenvalue weighted by atomic mass is 16.6. The molecule has 0 bridgehead atoms. The third kappa shape index (κ3) is 8.53. The van der Waals surface area contributed by atoms with Gasteiger partial charge in [0.15, 0.2) is 0 Å². The Labute approximate surface area is 209 Å². The lowest BCUT2D eigenvalue weighted by Crippen LogP contribution is -2.57. The quantitative estimate of drug-likeness (QED) is 0.359. The molecule has 1 aromatic carbocycles. The molecule has 0 saturated heterocycles. The van der Waals surface area contributed by atoms with E-state index in [9.17, 15) is 19.5 Å². The SMILES string of the molecule is CC(C)[C@@H]1CC[C@@H](C)C[C@@]1(O)C(=O)NCC(C(=O)OCCNC(=O)OC(C)(C)C)c1ccccc1. The van der Waals surface area contributed by atoms with E-state index in [2.05, 4.69) is 10.6 Å². The number of aliphatic hydroxyl groups is 1. The number of ether oxygens (including phenoxy) is 2. The van der Waals surface area contributed by atoms with E-state index in [0.717, 1.165) is 12.8 Å². The molecule has 0 spiro atoms. The van der Waals surface area contributed by atoms with Crippen LogP contribution in [0.3, 0.4) is 0 Å². The largest absolute Gasteiger partial charge is 0.463 e. The van der Waals surface area contributed by atoms with Gasteiger partial charge in [0, 0.05) is 6.54 Å². The molecule has 8 nitrogen and oxygen atoms in total. The number of rotatable bonds is 9. The van der Waals surface area contributed by atoms with E-state index in [1.54, 1.807) is 32.9 Å².